The van der Waals surface area contributed by atoms with Crippen molar-refractivity contribution in [3.63, 3.8) is 0 Å². The second-order valence-electron chi connectivity index (χ2n) is 16.8. The summed E-state index contributed by atoms with van der Waals surface area (Å²) in [6.07, 6.45) is 9.48. The summed E-state index contributed by atoms with van der Waals surface area (Å²) in [5.74, 6) is -4.45. The van der Waals surface area contributed by atoms with Gasteiger partial charge in [0.25, 0.3) is 0 Å². The Labute approximate surface area is 401 Å². The molecule has 26 heteroatoms. The first kappa shape index (κ1) is 52.5. The predicted octanol–water partition coefficient (Wildman–Crippen LogP) is 1.51. The number of amides is 1. The van der Waals surface area contributed by atoms with E-state index in [2.05, 4.69) is 30.5 Å². The smallest absolute Gasteiger partial charge is 0.353 e. The number of aromatic nitrogens is 7. The minimum atomic E-state index is -1.70. The third kappa shape index (κ3) is 11.1. The molecule has 22 nitrogen and oxygen atoms in total. The average molecular weight is 999 g/mol. The van der Waals surface area contributed by atoms with E-state index in [0.29, 0.717) is 53.7 Å². The molecule has 3 fully saturated rings. The summed E-state index contributed by atoms with van der Waals surface area (Å²) in [5.41, 5.74) is 3.20. The first-order chi connectivity index (χ1) is 33.0. The van der Waals surface area contributed by atoms with E-state index in [1.54, 1.807) is 11.5 Å². The number of halogens is 3. The number of carbonyl (C=O) groups is 3. The van der Waals surface area contributed by atoms with Crippen LogP contribution in [0.2, 0.25) is 0 Å². The molecule has 70 heavy (non-hydrogen) atoms. The minimum absolute atomic E-state index is 0. The molecule has 5 aromatic rings. The number of pyridine rings is 1. The van der Waals surface area contributed by atoms with Crippen LogP contribution in [-0.2, 0) is 28.3 Å². The zero-order chi connectivity index (χ0) is 49.7. The molecule has 9 rings (SSSR count). The first-order valence-electron chi connectivity index (χ1n) is 21.8. The van der Waals surface area contributed by atoms with Gasteiger partial charge in [-0.3, -0.25) is 14.6 Å². The number of fused-ring (bicyclic) bond motifs is 2. The molecule has 4 atom stereocenters. The molecule has 1 unspecified atom stereocenters. The van der Waals surface area contributed by atoms with Crippen LogP contribution in [0.1, 0.15) is 55.1 Å². The van der Waals surface area contributed by atoms with Gasteiger partial charge in [0, 0.05) is 66.6 Å². The summed E-state index contributed by atoms with van der Waals surface area (Å²) < 4.78 is 52.4. The van der Waals surface area contributed by atoms with Gasteiger partial charge in [0.1, 0.15) is 59.5 Å². The molecule has 0 bridgehead atoms. The lowest BCUT2D eigenvalue weighted by Crippen LogP contribution is -2.61. The number of methoxy groups -OCH3 is 1. The maximum absolute atomic E-state index is 15.1. The molecule has 1 aliphatic carbocycles. The van der Waals surface area contributed by atoms with Crippen LogP contribution in [0.3, 0.4) is 0 Å². The number of aromatic carboxylic acids is 1. The van der Waals surface area contributed by atoms with Crippen molar-refractivity contribution >= 4 is 52.5 Å². The zero-order valence-electron chi connectivity index (χ0n) is 38.2. The molecule has 0 spiro atoms. The fourth-order valence-corrected chi connectivity index (χ4v) is 9.82. The van der Waals surface area contributed by atoms with Gasteiger partial charge < -0.3 is 56.1 Å². The van der Waals surface area contributed by atoms with Crippen molar-refractivity contribution in [2.45, 2.75) is 76.0 Å². The average Bonchev–Trinajstić information content (AvgIpc) is 3.60. The van der Waals surface area contributed by atoms with Gasteiger partial charge in [-0.2, -0.15) is 10.2 Å². The third-order valence-electron chi connectivity index (χ3n) is 12.0. The quantitative estimate of drug-likeness (QED) is 0.0375. The van der Waals surface area contributed by atoms with E-state index in [0.717, 1.165) is 37.6 Å². The van der Waals surface area contributed by atoms with Gasteiger partial charge in [0.05, 0.1) is 62.0 Å². The molecule has 9 N–H and O–H groups in total. The summed E-state index contributed by atoms with van der Waals surface area (Å²) in [7, 11) is 1.45. The van der Waals surface area contributed by atoms with Gasteiger partial charge >= 0.3 is 11.9 Å². The number of aliphatic carboxylic acids is 1. The number of nitrogens with two attached hydrogens (primary N) is 1. The Balaban J connectivity index is 0.000000173. The van der Waals surface area contributed by atoms with E-state index < -0.39 is 52.4 Å². The number of ether oxygens (including phenoxy) is 1. The molecule has 2 saturated heterocycles. The van der Waals surface area contributed by atoms with Gasteiger partial charge in [-0.15, -0.1) is 11.8 Å². The second-order valence-corrected chi connectivity index (χ2v) is 18.0. The number of aliphatic imine (C=N–C) groups is 1. The van der Waals surface area contributed by atoms with Gasteiger partial charge in [-0.05, 0) is 38.8 Å². The van der Waals surface area contributed by atoms with E-state index in [1.165, 1.54) is 77.0 Å². The van der Waals surface area contributed by atoms with Crippen molar-refractivity contribution in [3.05, 3.63) is 105 Å². The maximum Gasteiger partial charge on any atom is 0.353 e. The highest BCUT2D eigenvalue weighted by atomic mass is 32.2. The van der Waals surface area contributed by atoms with Crippen LogP contribution in [0.25, 0.3) is 10.9 Å². The summed E-state index contributed by atoms with van der Waals surface area (Å²) >= 11 is 1.38. The highest BCUT2D eigenvalue weighted by Crippen LogP contribution is 2.47. The van der Waals surface area contributed by atoms with Crippen molar-refractivity contribution < 1.29 is 58.2 Å². The molecular formula is C44H53F3N12O10S. The Morgan fingerprint density at radius 2 is 1.73 bits per heavy atom. The Morgan fingerprint density at radius 3 is 2.26 bits per heavy atom. The molecular weight excluding hydrogens is 946 g/mol. The fourth-order valence-electron chi connectivity index (χ4n) is 8.77. The topological polar surface area (TPSA) is 313 Å². The molecule has 1 amide bonds. The van der Waals surface area contributed by atoms with Crippen molar-refractivity contribution in [1.29, 1.82) is 0 Å². The van der Waals surface area contributed by atoms with Gasteiger partial charge in [-0.1, -0.05) is 6.07 Å². The van der Waals surface area contributed by atoms with Crippen molar-refractivity contribution in [2.75, 3.05) is 43.9 Å². The summed E-state index contributed by atoms with van der Waals surface area (Å²) in [6.45, 7) is 5.87. The molecule has 1 saturated carbocycles. The molecule has 3 aliphatic heterocycles. The number of carboxylic acids is 2. The van der Waals surface area contributed by atoms with Crippen molar-refractivity contribution in [2.24, 2.45) is 16.6 Å². The number of anilines is 1. The third-order valence-corrected chi connectivity index (χ3v) is 13.1. The number of benzene rings is 2. The van der Waals surface area contributed by atoms with E-state index in [4.69, 9.17) is 10.5 Å². The van der Waals surface area contributed by atoms with Crippen molar-refractivity contribution in [3.8, 4) is 5.75 Å². The van der Waals surface area contributed by atoms with Crippen LogP contribution in [0.4, 0.5) is 18.9 Å². The SMILES string of the molecule is COc1c(N2CCNC(C)C2)c(F)cc2c(=O)c(C(=O)O)cn(C3CC3)c12.C[C@@H](O)[C@H]1C(=O)N2C(C(=O)O)=C(SCCN=CN)C[C@H]12.O.OC(Cn1cncn1)(Cn1cncn1)c1ccc(F)cc1F. The molecule has 6 heterocycles. The number of aliphatic hydroxyl groups excluding tert-OH is 1. The number of piperazine rings is 1. The lowest BCUT2D eigenvalue weighted by Gasteiger charge is -2.44. The normalized spacial score (nSPS) is 19.1. The van der Waals surface area contributed by atoms with E-state index in [9.17, 15) is 48.4 Å². The summed E-state index contributed by atoms with van der Waals surface area (Å²) in [5, 5.41) is 50.4. The van der Waals surface area contributed by atoms with Gasteiger partial charge in [-0.25, -0.2) is 42.1 Å². The summed E-state index contributed by atoms with van der Waals surface area (Å²) in [4.78, 5) is 62.8. The number of hydrogen-bond acceptors (Lipinski definition) is 15. The Bertz CT molecular complexity index is 2770. The van der Waals surface area contributed by atoms with Crippen molar-refractivity contribution in [1.82, 2.24) is 44.3 Å². The number of carbonyl (C=O) groups excluding carboxylic acids is 1. The Morgan fingerprint density at radius 1 is 1.06 bits per heavy atom. The number of β-lactam (4-membered cyclic amide) rings is 1. The van der Waals surface area contributed by atoms with Crippen LogP contribution in [-0.4, -0.2) is 146 Å². The lowest BCUT2D eigenvalue weighted by atomic mass is 9.83. The number of nitrogens with zero attached hydrogens (tertiary/aromatic N) is 10. The van der Waals surface area contributed by atoms with Crippen LogP contribution >= 0.6 is 11.8 Å². The molecule has 2 aromatic carbocycles. The lowest BCUT2D eigenvalue weighted by molar-refractivity contribution is -0.161. The maximum atomic E-state index is 15.1. The predicted molar refractivity (Wildman–Crippen MR) is 249 cm³/mol. The highest BCUT2D eigenvalue weighted by molar-refractivity contribution is 8.03. The Kier molecular flexibility index (Phi) is 16.7. The summed E-state index contributed by atoms with van der Waals surface area (Å²) in [6, 6.07) is 4.24. The largest absolute Gasteiger partial charge is 0.492 e. The van der Waals surface area contributed by atoms with Crippen LogP contribution in [0.5, 0.6) is 5.75 Å². The molecule has 376 valence electrons. The van der Waals surface area contributed by atoms with E-state index in [-0.39, 0.29) is 64.8 Å². The molecule has 0 radical (unpaired) electrons. The molecule has 4 aliphatic rings. The number of rotatable bonds is 15. The van der Waals surface area contributed by atoms with Gasteiger partial charge in [0.15, 0.2) is 11.6 Å². The fraction of sp³-hybridized carbons (Fsp3) is 0.432. The monoisotopic (exact) mass is 998 g/mol. The van der Waals surface area contributed by atoms with Crippen LogP contribution in [0.15, 0.2) is 76.2 Å². The van der Waals surface area contributed by atoms with E-state index in [1.807, 2.05) is 11.8 Å². The number of nitrogens with one attached hydrogen (secondary N) is 1. The van der Waals surface area contributed by atoms with Crippen LogP contribution < -0.4 is 26.1 Å². The van der Waals surface area contributed by atoms with E-state index >= 15 is 4.39 Å². The number of hydrogen-bond donors (Lipinski definition) is 6. The highest BCUT2D eigenvalue weighted by Gasteiger charge is 2.56. The van der Waals surface area contributed by atoms with Gasteiger partial charge in [0.2, 0.25) is 11.3 Å². The molecule has 3 aromatic heterocycles. The zero-order valence-corrected chi connectivity index (χ0v) is 39.0. The standard InChI is InChI=1S/C19H22FN3O4.C13H12F2N6O.C12H17N3O4S.H2O/c1-10-8-22(6-5-21-10)16-14(20)7-12-15(18(16)27-2)23(11-3-4-11)9-13(17(12)24)19(25)26;14-10-1-2-11(12(15)3-10)13(22,4-20-8-16-6-18-20)5-21-9-17-7-19-21;1-6(16)9-7-4-8(20-3-2-14-5-13)10(12(18)19)15(7)11(9)17;/h7,9-11,21H,3-6,8H2,1-2H3,(H,25,26);1-3,6-9,22H,4-5H2;5-7,9,16H,2-4H2,1H3,(H2,13,14)(H,18,19);1H2/t;;6-,7-,9-;/m..1./s1. The Hall–Kier alpha value is -6.87. The number of carboxylic acid groups (broad SMARTS) is 2. The first-order valence-corrected chi connectivity index (χ1v) is 22.8. The van der Waals surface area contributed by atoms with Crippen LogP contribution in [0, 0.1) is 23.4 Å². The minimum Gasteiger partial charge on any atom is -0.492 e. The number of aliphatic hydroxyl groups is 2. The second kappa shape index (κ2) is 22.3. The number of thioether (sulfide) groups is 1.